The van der Waals surface area contributed by atoms with Gasteiger partial charge in [-0.25, -0.2) is 0 Å². The quantitative estimate of drug-likeness (QED) is 0.862. The number of nitrogens with one attached hydrogen (secondary N) is 1. The monoisotopic (exact) mass is 305 g/mol. The lowest BCUT2D eigenvalue weighted by Crippen LogP contribution is -2.56. The molecule has 3 rings (SSSR count). The first kappa shape index (κ1) is 15.6. The number of rotatable bonds is 3. The van der Waals surface area contributed by atoms with Crippen molar-refractivity contribution in [1.29, 1.82) is 0 Å². The highest BCUT2D eigenvalue weighted by Crippen LogP contribution is 2.33. The molecule has 3 atom stereocenters. The molecule has 3 saturated heterocycles. The summed E-state index contributed by atoms with van der Waals surface area (Å²) in [6, 6.07) is 2.07. The van der Waals surface area contributed by atoms with Crippen LogP contribution in [0.15, 0.2) is 0 Å². The molecule has 0 aromatic rings. The van der Waals surface area contributed by atoms with Crippen LogP contribution >= 0.6 is 0 Å². The molecule has 2 bridgehead atoms. The van der Waals surface area contributed by atoms with E-state index in [4.69, 9.17) is 0 Å². The van der Waals surface area contributed by atoms with Crippen molar-refractivity contribution in [1.82, 2.24) is 15.1 Å². The second-order valence-electron chi connectivity index (χ2n) is 7.07. The van der Waals surface area contributed by atoms with Crippen LogP contribution in [0.4, 0.5) is 13.2 Å². The van der Waals surface area contributed by atoms with E-state index in [1.807, 2.05) is 0 Å². The molecule has 0 aliphatic carbocycles. The Bertz CT molecular complexity index is 347. The maximum atomic E-state index is 12.4. The average molecular weight is 305 g/mol. The molecule has 0 unspecified atom stereocenters. The van der Waals surface area contributed by atoms with Gasteiger partial charge in [-0.05, 0) is 39.2 Å². The van der Waals surface area contributed by atoms with Gasteiger partial charge in [-0.15, -0.1) is 0 Å². The van der Waals surface area contributed by atoms with Gasteiger partial charge in [-0.2, -0.15) is 13.2 Å². The van der Waals surface area contributed by atoms with E-state index in [-0.39, 0.29) is 6.04 Å². The van der Waals surface area contributed by atoms with Crippen LogP contribution < -0.4 is 5.32 Å². The van der Waals surface area contributed by atoms with Crippen LogP contribution in [0.5, 0.6) is 0 Å². The lowest BCUT2D eigenvalue weighted by Gasteiger charge is -2.47. The van der Waals surface area contributed by atoms with Gasteiger partial charge in [0.1, 0.15) is 0 Å². The van der Waals surface area contributed by atoms with E-state index in [1.54, 1.807) is 0 Å². The third kappa shape index (κ3) is 3.90. The summed E-state index contributed by atoms with van der Waals surface area (Å²) < 4.78 is 37.3. The van der Waals surface area contributed by atoms with E-state index in [0.29, 0.717) is 31.2 Å². The Kier molecular flexibility index (Phi) is 4.48. The van der Waals surface area contributed by atoms with Crippen LogP contribution in [0.25, 0.3) is 0 Å². The highest BCUT2D eigenvalue weighted by molar-refractivity contribution is 4.95. The SMILES string of the molecule is CN1[C@H]2CCC[C@H]1CC(N[C@@H]1CCN(CC(F)(F)F)C1)C2. The first-order chi connectivity index (χ1) is 9.90. The molecule has 3 fully saturated rings. The van der Waals surface area contributed by atoms with Crippen molar-refractivity contribution >= 4 is 0 Å². The van der Waals surface area contributed by atoms with E-state index in [0.717, 1.165) is 19.3 Å². The molecule has 3 heterocycles. The molecule has 0 spiro atoms. The minimum absolute atomic E-state index is 0.237. The molecule has 0 aromatic heterocycles. The molecule has 0 aromatic carbocycles. The summed E-state index contributed by atoms with van der Waals surface area (Å²) in [4.78, 5) is 4.06. The fourth-order valence-corrected chi connectivity index (χ4v) is 4.45. The second-order valence-corrected chi connectivity index (χ2v) is 7.07. The van der Waals surface area contributed by atoms with Gasteiger partial charge in [0, 0.05) is 37.3 Å². The van der Waals surface area contributed by atoms with Crippen molar-refractivity contribution in [3.8, 4) is 0 Å². The zero-order valence-electron chi connectivity index (χ0n) is 12.7. The third-order valence-electron chi connectivity index (χ3n) is 5.49. The minimum atomic E-state index is -4.07. The molecule has 122 valence electrons. The molecule has 0 amide bonds. The Balaban J connectivity index is 1.47. The van der Waals surface area contributed by atoms with Gasteiger partial charge in [0.05, 0.1) is 6.54 Å². The van der Waals surface area contributed by atoms with Crippen LogP contribution in [0.2, 0.25) is 0 Å². The van der Waals surface area contributed by atoms with Crippen molar-refractivity contribution in [3.63, 3.8) is 0 Å². The van der Waals surface area contributed by atoms with Crippen LogP contribution in [0.3, 0.4) is 0 Å². The predicted octanol–water partition coefficient (Wildman–Crippen LogP) is 2.23. The van der Waals surface area contributed by atoms with E-state index >= 15 is 0 Å². The Hall–Kier alpha value is -0.330. The first-order valence-electron chi connectivity index (χ1n) is 8.18. The molecule has 0 radical (unpaired) electrons. The number of fused-ring (bicyclic) bond motifs is 2. The van der Waals surface area contributed by atoms with Gasteiger partial charge in [0.2, 0.25) is 0 Å². The van der Waals surface area contributed by atoms with Crippen LogP contribution in [0, 0.1) is 0 Å². The molecular formula is C15H26F3N3. The topological polar surface area (TPSA) is 18.5 Å². The van der Waals surface area contributed by atoms with Gasteiger partial charge >= 0.3 is 6.18 Å². The molecule has 1 N–H and O–H groups in total. The van der Waals surface area contributed by atoms with Crippen molar-refractivity contribution in [2.75, 3.05) is 26.7 Å². The number of piperidine rings is 2. The molecule has 21 heavy (non-hydrogen) atoms. The Labute approximate surface area is 124 Å². The van der Waals surface area contributed by atoms with Crippen molar-refractivity contribution in [3.05, 3.63) is 0 Å². The van der Waals surface area contributed by atoms with Gasteiger partial charge in [-0.1, -0.05) is 6.42 Å². The third-order valence-corrected chi connectivity index (χ3v) is 5.49. The van der Waals surface area contributed by atoms with Crippen molar-refractivity contribution in [2.45, 2.75) is 68.9 Å². The maximum Gasteiger partial charge on any atom is 0.401 e. The molecule has 6 heteroatoms. The van der Waals surface area contributed by atoms with E-state index in [9.17, 15) is 13.2 Å². The second kappa shape index (κ2) is 6.05. The Morgan fingerprint density at radius 3 is 2.33 bits per heavy atom. The summed E-state index contributed by atoms with van der Waals surface area (Å²) in [6.07, 6.45) is 2.96. The van der Waals surface area contributed by atoms with Crippen molar-refractivity contribution in [2.24, 2.45) is 0 Å². The lowest BCUT2D eigenvalue weighted by molar-refractivity contribution is -0.143. The van der Waals surface area contributed by atoms with E-state index < -0.39 is 12.7 Å². The predicted molar refractivity (Wildman–Crippen MR) is 76.2 cm³/mol. The lowest BCUT2D eigenvalue weighted by atomic mass is 9.82. The average Bonchev–Trinajstić information content (AvgIpc) is 2.75. The smallest absolute Gasteiger partial charge is 0.310 e. The zero-order chi connectivity index (χ0) is 15.0. The fourth-order valence-electron chi connectivity index (χ4n) is 4.45. The summed E-state index contributed by atoms with van der Waals surface area (Å²) in [5.41, 5.74) is 0. The summed E-state index contributed by atoms with van der Waals surface area (Å²) in [5.74, 6) is 0. The number of hydrogen-bond donors (Lipinski definition) is 1. The number of likely N-dealkylation sites (tertiary alicyclic amines) is 1. The largest absolute Gasteiger partial charge is 0.401 e. The standard InChI is InChI=1S/C15H26F3N3/c1-20-13-3-2-4-14(20)8-12(7-13)19-11-5-6-21(9-11)10-15(16,17)18/h11-14,19H,2-10H2,1H3/t11-,13+,14+/m1/s1. The van der Waals surface area contributed by atoms with Gasteiger partial charge in [-0.3, -0.25) is 4.90 Å². The highest BCUT2D eigenvalue weighted by atomic mass is 19.4. The van der Waals surface area contributed by atoms with E-state index in [1.165, 1.54) is 24.2 Å². The van der Waals surface area contributed by atoms with Gasteiger partial charge in [0.25, 0.3) is 0 Å². The zero-order valence-corrected chi connectivity index (χ0v) is 12.7. The minimum Gasteiger partial charge on any atom is -0.310 e. The van der Waals surface area contributed by atoms with Gasteiger partial charge in [0.15, 0.2) is 0 Å². The van der Waals surface area contributed by atoms with E-state index in [2.05, 4.69) is 17.3 Å². The number of alkyl halides is 3. The van der Waals surface area contributed by atoms with Crippen LogP contribution in [0.1, 0.15) is 38.5 Å². The Morgan fingerprint density at radius 1 is 1.05 bits per heavy atom. The van der Waals surface area contributed by atoms with Crippen LogP contribution in [-0.2, 0) is 0 Å². The number of nitrogens with zero attached hydrogens (tertiary/aromatic N) is 2. The van der Waals surface area contributed by atoms with Gasteiger partial charge < -0.3 is 10.2 Å². The van der Waals surface area contributed by atoms with Crippen molar-refractivity contribution < 1.29 is 13.2 Å². The molecule has 3 aliphatic heterocycles. The summed E-state index contributed by atoms with van der Waals surface area (Å²) in [6.45, 7) is 0.349. The Morgan fingerprint density at radius 2 is 1.71 bits per heavy atom. The summed E-state index contributed by atoms with van der Waals surface area (Å²) in [5, 5.41) is 3.65. The van der Waals surface area contributed by atoms with Crippen LogP contribution in [-0.4, -0.2) is 66.8 Å². The molecule has 3 nitrogen and oxygen atoms in total. The normalized spacial score (nSPS) is 38.9. The highest BCUT2D eigenvalue weighted by Gasteiger charge is 2.38. The summed E-state index contributed by atoms with van der Waals surface area (Å²) >= 11 is 0. The summed E-state index contributed by atoms with van der Waals surface area (Å²) in [7, 11) is 2.23. The fraction of sp³-hybridized carbons (Fsp3) is 1.00. The molecular weight excluding hydrogens is 279 g/mol. The molecule has 3 aliphatic rings. The number of halogens is 3. The first-order valence-corrected chi connectivity index (χ1v) is 8.18. The number of hydrogen-bond acceptors (Lipinski definition) is 3. The maximum absolute atomic E-state index is 12.4. The molecule has 0 saturated carbocycles.